The van der Waals surface area contributed by atoms with E-state index < -0.39 is 10.2 Å². The van der Waals surface area contributed by atoms with Crippen molar-refractivity contribution >= 4 is 44.7 Å². The van der Waals surface area contributed by atoms with Crippen LogP contribution in [0, 0.1) is 0 Å². The van der Waals surface area contributed by atoms with Gasteiger partial charge in [0.15, 0.2) is 0 Å². The summed E-state index contributed by atoms with van der Waals surface area (Å²) < 4.78 is 26.9. The Morgan fingerprint density at radius 3 is 2.89 bits per heavy atom. The molecule has 100 valence electrons. The van der Waals surface area contributed by atoms with Crippen LogP contribution in [-0.2, 0) is 10.2 Å². The van der Waals surface area contributed by atoms with Crippen molar-refractivity contribution in [1.82, 2.24) is 24.0 Å². The summed E-state index contributed by atoms with van der Waals surface area (Å²) in [5.41, 5.74) is 3.14. The van der Waals surface area contributed by atoms with E-state index in [-0.39, 0.29) is 0 Å². The predicted molar refractivity (Wildman–Crippen MR) is 73.7 cm³/mol. The van der Waals surface area contributed by atoms with Crippen molar-refractivity contribution in [3.63, 3.8) is 0 Å². The first-order valence-corrected chi connectivity index (χ1v) is 7.71. The normalized spacial score (nSPS) is 16.6. The van der Waals surface area contributed by atoms with Gasteiger partial charge < -0.3 is 0 Å². The van der Waals surface area contributed by atoms with E-state index in [4.69, 9.17) is 11.6 Å². The standard InChI is InChI=1S/C9H8ClN5O2S2/c10-9-6-12-15(18-9)13-19(16,17)14-8-4-2-1-3-7(8)5-11-14/h1-6,12-13H. The van der Waals surface area contributed by atoms with Gasteiger partial charge in [-0.25, -0.2) is 0 Å². The van der Waals surface area contributed by atoms with E-state index in [0.29, 0.717) is 9.88 Å². The number of rotatable bonds is 3. The Labute approximate surface area is 118 Å². The van der Waals surface area contributed by atoms with Crippen molar-refractivity contribution in [1.29, 1.82) is 0 Å². The fraction of sp³-hybridized carbons (Fsp3) is 0. The molecular weight excluding hydrogens is 310 g/mol. The van der Waals surface area contributed by atoms with Crippen LogP contribution in [0.4, 0.5) is 0 Å². The number of benzene rings is 1. The molecule has 0 atom stereocenters. The Hall–Kier alpha value is -1.26. The van der Waals surface area contributed by atoms with E-state index in [1.807, 2.05) is 6.07 Å². The highest BCUT2D eigenvalue weighted by atomic mass is 35.5. The van der Waals surface area contributed by atoms with Crippen LogP contribution in [0.25, 0.3) is 10.9 Å². The second kappa shape index (κ2) is 4.69. The third kappa shape index (κ3) is 2.42. The molecule has 1 aromatic carbocycles. The highest BCUT2D eigenvalue weighted by molar-refractivity contribution is 8.03. The van der Waals surface area contributed by atoms with Crippen molar-refractivity contribution in [2.24, 2.45) is 0 Å². The lowest BCUT2D eigenvalue weighted by molar-refractivity contribution is 0.374. The number of hydrogen-bond donors (Lipinski definition) is 2. The molecule has 10 heteroatoms. The van der Waals surface area contributed by atoms with Crippen molar-refractivity contribution in [3.05, 3.63) is 41.0 Å². The number of para-hydroxylation sites is 1. The summed E-state index contributed by atoms with van der Waals surface area (Å²) in [5.74, 6) is 0. The van der Waals surface area contributed by atoms with Crippen molar-refractivity contribution in [2.45, 2.75) is 0 Å². The SMILES string of the molecule is O=S(=O)(NN1NC=C(Cl)S1)n1ncc2ccccc21. The van der Waals surface area contributed by atoms with Gasteiger partial charge in [0.1, 0.15) is 4.36 Å². The van der Waals surface area contributed by atoms with Crippen molar-refractivity contribution < 1.29 is 8.42 Å². The van der Waals surface area contributed by atoms with Crippen molar-refractivity contribution in [3.8, 4) is 0 Å². The zero-order chi connectivity index (χ0) is 13.5. The molecular formula is C9H8ClN5O2S2. The molecule has 3 rings (SSSR count). The van der Waals surface area contributed by atoms with Gasteiger partial charge in [-0.2, -0.15) is 13.5 Å². The molecule has 2 N–H and O–H groups in total. The number of hydrogen-bond acceptors (Lipinski definition) is 6. The van der Waals surface area contributed by atoms with Gasteiger partial charge in [-0.3, -0.25) is 5.43 Å². The molecule has 0 aliphatic carbocycles. The van der Waals surface area contributed by atoms with Crippen LogP contribution < -0.4 is 10.3 Å². The average molecular weight is 318 g/mol. The van der Waals surface area contributed by atoms with Crippen LogP contribution in [0.1, 0.15) is 0 Å². The van der Waals surface area contributed by atoms with Crippen LogP contribution >= 0.6 is 23.5 Å². The summed E-state index contributed by atoms with van der Waals surface area (Å²) in [5, 5.41) is 4.62. The van der Waals surface area contributed by atoms with Gasteiger partial charge in [0.25, 0.3) is 0 Å². The number of nitrogens with one attached hydrogen (secondary N) is 2. The lowest BCUT2D eigenvalue weighted by Crippen LogP contribution is -2.44. The molecule has 0 saturated heterocycles. The van der Waals surface area contributed by atoms with Crippen LogP contribution in [0.5, 0.6) is 0 Å². The first-order valence-electron chi connectivity index (χ1n) is 5.12. The largest absolute Gasteiger partial charge is 0.336 e. The Morgan fingerprint density at radius 2 is 2.16 bits per heavy atom. The second-order valence-corrected chi connectivity index (χ2v) is 6.70. The van der Waals surface area contributed by atoms with E-state index in [9.17, 15) is 8.42 Å². The second-order valence-electron chi connectivity index (χ2n) is 3.61. The van der Waals surface area contributed by atoms with Gasteiger partial charge in [0, 0.05) is 23.5 Å². The van der Waals surface area contributed by atoms with E-state index in [1.54, 1.807) is 18.2 Å². The Morgan fingerprint density at radius 1 is 1.37 bits per heavy atom. The topological polar surface area (TPSA) is 79.3 Å². The number of fused-ring (bicyclic) bond motifs is 1. The summed E-state index contributed by atoms with van der Waals surface area (Å²) >= 11 is 6.73. The molecule has 19 heavy (non-hydrogen) atoms. The number of aromatic nitrogens is 2. The minimum atomic E-state index is -3.84. The lowest BCUT2D eigenvalue weighted by atomic mass is 10.3. The average Bonchev–Trinajstić information content (AvgIpc) is 2.95. The molecule has 0 bridgehead atoms. The Balaban J connectivity index is 1.92. The molecule has 1 aliphatic heterocycles. The molecule has 1 aliphatic rings. The van der Waals surface area contributed by atoms with E-state index in [2.05, 4.69) is 15.4 Å². The van der Waals surface area contributed by atoms with E-state index in [1.165, 1.54) is 16.9 Å². The molecule has 0 saturated carbocycles. The zero-order valence-corrected chi connectivity index (χ0v) is 11.7. The monoisotopic (exact) mass is 317 g/mol. The van der Waals surface area contributed by atoms with Gasteiger partial charge in [0.05, 0.1) is 11.7 Å². The maximum Gasteiger partial charge on any atom is 0.336 e. The highest BCUT2D eigenvalue weighted by Gasteiger charge is 2.23. The highest BCUT2D eigenvalue weighted by Crippen LogP contribution is 2.26. The van der Waals surface area contributed by atoms with Crippen molar-refractivity contribution in [2.75, 3.05) is 0 Å². The fourth-order valence-corrected chi connectivity index (χ4v) is 3.59. The van der Waals surface area contributed by atoms with Crippen LogP contribution in [-0.4, -0.2) is 22.1 Å². The minimum Gasteiger partial charge on any atom is -0.300 e. The number of halogens is 1. The summed E-state index contributed by atoms with van der Waals surface area (Å²) in [6.07, 6.45) is 2.96. The Bertz CT molecular complexity index is 757. The van der Waals surface area contributed by atoms with E-state index in [0.717, 1.165) is 21.4 Å². The smallest absolute Gasteiger partial charge is 0.300 e. The number of hydrazine groups is 2. The maximum absolute atomic E-state index is 12.2. The lowest BCUT2D eigenvalue weighted by Gasteiger charge is -2.15. The zero-order valence-electron chi connectivity index (χ0n) is 9.32. The van der Waals surface area contributed by atoms with Gasteiger partial charge >= 0.3 is 10.2 Å². The summed E-state index contributed by atoms with van der Waals surface area (Å²) in [6, 6.07) is 7.03. The first-order chi connectivity index (χ1) is 9.06. The van der Waals surface area contributed by atoms with Gasteiger partial charge in [-0.05, 0) is 6.07 Å². The third-order valence-electron chi connectivity index (χ3n) is 2.34. The molecule has 0 amide bonds. The molecule has 0 fully saturated rings. The Kier molecular flexibility index (Phi) is 3.15. The maximum atomic E-state index is 12.2. The van der Waals surface area contributed by atoms with Crippen LogP contribution in [0.3, 0.4) is 0 Å². The van der Waals surface area contributed by atoms with Gasteiger partial charge in [0.2, 0.25) is 0 Å². The number of nitrogens with zero attached hydrogens (tertiary/aromatic N) is 3. The third-order valence-corrected chi connectivity index (χ3v) is 4.61. The summed E-state index contributed by atoms with van der Waals surface area (Å²) in [7, 11) is -3.84. The molecule has 0 spiro atoms. The quantitative estimate of drug-likeness (QED) is 0.827. The first kappa shape index (κ1) is 12.8. The fourth-order valence-electron chi connectivity index (χ4n) is 1.58. The predicted octanol–water partition coefficient (Wildman–Crippen LogP) is 1.14. The molecule has 7 nitrogen and oxygen atoms in total. The minimum absolute atomic E-state index is 0.424. The van der Waals surface area contributed by atoms with E-state index >= 15 is 0 Å². The van der Waals surface area contributed by atoms with Gasteiger partial charge in [-0.1, -0.05) is 34.3 Å². The molecule has 0 unspecified atom stereocenters. The summed E-state index contributed by atoms with van der Waals surface area (Å²) in [6.45, 7) is 0. The molecule has 0 radical (unpaired) electrons. The molecule has 2 aromatic rings. The summed E-state index contributed by atoms with van der Waals surface area (Å²) in [4.78, 5) is 2.30. The molecule has 2 heterocycles. The van der Waals surface area contributed by atoms with Crippen LogP contribution in [0.15, 0.2) is 41.0 Å². The van der Waals surface area contributed by atoms with Crippen LogP contribution in [0.2, 0.25) is 0 Å². The van der Waals surface area contributed by atoms with Gasteiger partial charge in [-0.15, -0.1) is 8.92 Å². The molecule has 1 aromatic heterocycles.